The molecule has 0 bridgehead atoms. The molecule has 1 aliphatic heterocycles. The molecule has 3 rings (SSSR count). The van der Waals surface area contributed by atoms with Crippen molar-refractivity contribution in [2.45, 2.75) is 27.7 Å². The van der Waals surface area contributed by atoms with Gasteiger partial charge in [0.2, 0.25) is 0 Å². The van der Waals surface area contributed by atoms with Crippen LogP contribution in [-0.4, -0.2) is 17.6 Å². The Kier molecular flexibility index (Phi) is 4.88. The summed E-state index contributed by atoms with van der Waals surface area (Å²) < 4.78 is 11.1. The number of aromatic nitrogens is 1. The van der Waals surface area contributed by atoms with Crippen molar-refractivity contribution in [2.75, 3.05) is 6.61 Å². The summed E-state index contributed by atoms with van der Waals surface area (Å²) in [5.74, 6) is 0.994. The number of fused-ring (bicyclic) bond motifs is 1. The zero-order chi connectivity index (χ0) is 18.0. The Bertz CT molecular complexity index is 800. The van der Waals surface area contributed by atoms with Crippen LogP contribution < -0.4 is 0 Å². The fourth-order valence-corrected chi connectivity index (χ4v) is 3.33. The highest BCUT2D eigenvalue weighted by molar-refractivity contribution is 5.96. The molecule has 4 nitrogen and oxygen atoms in total. The van der Waals surface area contributed by atoms with Crippen molar-refractivity contribution in [1.29, 1.82) is 0 Å². The molecule has 2 unspecified atom stereocenters. The third-order valence-electron chi connectivity index (χ3n) is 4.73. The third-order valence-corrected chi connectivity index (χ3v) is 4.73. The van der Waals surface area contributed by atoms with Crippen LogP contribution in [0.5, 0.6) is 0 Å². The maximum atomic E-state index is 12.2. The Labute approximate surface area is 148 Å². The number of hydrogen-bond acceptors (Lipinski definition) is 4. The fourth-order valence-electron chi connectivity index (χ4n) is 3.33. The minimum absolute atomic E-state index is 0.211. The molecule has 2 aliphatic rings. The lowest BCUT2D eigenvalue weighted by Crippen LogP contribution is -2.09. The van der Waals surface area contributed by atoms with E-state index < -0.39 is 0 Å². The highest BCUT2D eigenvalue weighted by Crippen LogP contribution is 2.48. The third kappa shape index (κ3) is 3.29. The smallest absolute Gasteiger partial charge is 0.331 e. The van der Waals surface area contributed by atoms with E-state index in [4.69, 9.17) is 9.47 Å². The summed E-state index contributed by atoms with van der Waals surface area (Å²) in [4.78, 5) is 16.6. The first-order chi connectivity index (χ1) is 12.0. The summed E-state index contributed by atoms with van der Waals surface area (Å²) in [6, 6.07) is 5.68. The minimum Gasteiger partial charge on any atom is -0.464 e. The second-order valence-corrected chi connectivity index (χ2v) is 6.42. The number of esters is 1. The van der Waals surface area contributed by atoms with Crippen LogP contribution in [0, 0.1) is 11.8 Å². The summed E-state index contributed by atoms with van der Waals surface area (Å²) in [5, 5.41) is 0. The van der Waals surface area contributed by atoms with Crippen molar-refractivity contribution >= 4 is 11.5 Å². The van der Waals surface area contributed by atoms with Gasteiger partial charge in [0.05, 0.1) is 18.6 Å². The fraction of sp³-hybridized carbons (Fsp3) is 0.333. The van der Waals surface area contributed by atoms with Crippen LogP contribution in [0.1, 0.15) is 33.4 Å². The maximum absolute atomic E-state index is 12.2. The topological polar surface area (TPSA) is 48.4 Å². The van der Waals surface area contributed by atoms with Gasteiger partial charge in [0.25, 0.3) is 0 Å². The van der Waals surface area contributed by atoms with E-state index in [0.29, 0.717) is 12.5 Å². The first kappa shape index (κ1) is 17.2. The van der Waals surface area contributed by atoms with Gasteiger partial charge in [-0.05, 0) is 55.0 Å². The number of carbonyl (C=O) groups excluding carboxylic acids is 1. The van der Waals surface area contributed by atoms with Crippen LogP contribution in [0.25, 0.3) is 5.57 Å². The second-order valence-electron chi connectivity index (χ2n) is 6.42. The van der Waals surface area contributed by atoms with Gasteiger partial charge in [-0.2, -0.15) is 0 Å². The van der Waals surface area contributed by atoms with Crippen molar-refractivity contribution in [3.63, 3.8) is 0 Å². The average molecular weight is 337 g/mol. The number of ether oxygens (including phenoxy) is 2. The lowest BCUT2D eigenvalue weighted by molar-refractivity contribution is -0.137. The zero-order valence-electron chi connectivity index (χ0n) is 15.1. The molecule has 0 spiro atoms. The highest BCUT2D eigenvalue weighted by atomic mass is 16.5. The van der Waals surface area contributed by atoms with Gasteiger partial charge < -0.3 is 9.47 Å². The number of allylic oxidation sites excluding steroid dienone is 5. The summed E-state index contributed by atoms with van der Waals surface area (Å²) in [5.41, 5.74) is 4.79. The molecule has 130 valence electrons. The van der Waals surface area contributed by atoms with Gasteiger partial charge >= 0.3 is 5.97 Å². The van der Waals surface area contributed by atoms with Gasteiger partial charge in [-0.25, -0.2) is 4.79 Å². The first-order valence-corrected chi connectivity index (χ1v) is 8.62. The van der Waals surface area contributed by atoms with E-state index >= 15 is 0 Å². The Morgan fingerprint density at radius 3 is 2.80 bits per heavy atom. The summed E-state index contributed by atoms with van der Waals surface area (Å²) in [7, 11) is 0. The number of rotatable bonds is 4. The molecular formula is C21H23NO3. The Hall–Kier alpha value is -2.62. The van der Waals surface area contributed by atoms with Crippen molar-refractivity contribution in [3.05, 3.63) is 71.0 Å². The number of pyridine rings is 1. The van der Waals surface area contributed by atoms with E-state index in [1.165, 1.54) is 11.6 Å². The second kappa shape index (κ2) is 7.09. The molecule has 4 heteroatoms. The molecule has 0 amide bonds. The van der Waals surface area contributed by atoms with Gasteiger partial charge in [-0.1, -0.05) is 19.9 Å². The Morgan fingerprint density at radius 2 is 2.12 bits per heavy atom. The average Bonchev–Trinajstić information content (AvgIpc) is 2.85. The lowest BCUT2D eigenvalue weighted by Gasteiger charge is -2.16. The van der Waals surface area contributed by atoms with Crippen LogP contribution in [-0.2, 0) is 14.3 Å². The molecule has 1 aromatic rings. The largest absolute Gasteiger partial charge is 0.464 e. The van der Waals surface area contributed by atoms with E-state index in [1.54, 1.807) is 19.4 Å². The Morgan fingerprint density at radius 1 is 1.32 bits per heavy atom. The van der Waals surface area contributed by atoms with Crippen molar-refractivity contribution < 1.29 is 14.3 Å². The lowest BCUT2D eigenvalue weighted by atomic mass is 9.87. The standard InChI is InChI=1S/C21H23NO3/c1-5-24-19(23)11-17(18-8-6-7-9-22-18)20-15(4)14(3)16-10-13(2)12-25-21(16)20/h6-12,14-15H,5H2,1-4H3. The molecule has 0 N–H and O–H groups in total. The molecule has 0 saturated carbocycles. The quantitative estimate of drug-likeness (QED) is 0.602. The van der Waals surface area contributed by atoms with Crippen LogP contribution in [0.4, 0.5) is 0 Å². The molecule has 2 atom stereocenters. The summed E-state index contributed by atoms with van der Waals surface area (Å²) in [6.45, 7) is 8.51. The molecule has 1 aromatic heterocycles. The van der Waals surface area contributed by atoms with Crippen molar-refractivity contribution in [2.24, 2.45) is 11.8 Å². The van der Waals surface area contributed by atoms with Crippen molar-refractivity contribution in [3.8, 4) is 0 Å². The maximum Gasteiger partial charge on any atom is 0.331 e. The van der Waals surface area contributed by atoms with Crippen molar-refractivity contribution in [1.82, 2.24) is 4.98 Å². The number of carbonyl (C=O) groups is 1. The van der Waals surface area contributed by atoms with Crippen LogP contribution in [0.3, 0.4) is 0 Å². The molecule has 0 aromatic carbocycles. The molecule has 1 aliphatic carbocycles. The van der Waals surface area contributed by atoms with E-state index in [1.807, 2.05) is 25.1 Å². The Balaban J connectivity index is 2.15. The molecule has 0 saturated heterocycles. The zero-order valence-corrected chi connectivity index (χ0v) is 15.1. The monoisotopic (exact) mass is 337 g/mol. The predicted octanol–water partition coefficient (Wildman–Crippen LogP) is 4.43. The number of hydrogen-bond donors (Lipinski definition) is 0. The van der Waals surface area contributed by atoms with Crippen LogP contribution in [0.2, 0.25) is 0 Å². The molecule has 0 radical (unpaired) electrons. The SMILES string of the molecule is CCOC(=O)C=C(C1=C2OC=C(C)C=C2C(C)C1C)c1ccccn1. The van der Waals surface area contributed by atoms with Gasteiger partial charge in [0, 0.05) is 23.4 Å². The van der Waals surface area contributed by atoms with Gasteiger partial charge in [0.15, 0.2) is 0 Å². The molecular weight excluding hydrogens is 314 g/mol. The summed E-state index contributed by atoms with van der Waals surface area (Å²) >= 11 is 0. The van der Waals surface area contributed by atoms with Gasteiger partial charge in [-0.15, -0.1) is 0 Å². The molecule has 25 heavy (non-hydrogen) atoms. The van der Waals surface area contributed by atoms with Crippen LogP contribution >= 0.6 is 0 Å². The van der Waals surface area contributed by atoms with Gasteiger partial charge in [0.1, 0.15) is 5.76 Å². The molecule has 0 fully saturated rings. The summed E-state index contributed by atoms with van der Waals surface area (Å²) in [6.07, 6.45) is 7.18. The van der Waals surface area contributed by atoms with E-state index in [0.717, 1.165) is 28.2 Å². The van der Waals surface area contributed by atoms with Crippen LogP contribution in [0.15, 0.2) is 65.3 Å². The van der Waals surface area contributed by atoms with E-state index in [-0.39, 0.29) is 11.9 Å². The number of nitrogens with zero attached hydrogens (tertiary/aromatic N) is 1. The highest BCUT2D eigenvalue weighted by Gasteiger charge is 2.38. The van der Waals surface area contributed by atoms with E-state index in [9.17, 15) is 4.79 Å². The molecule has 2 heterocycles. The van der Waals surface area contributed by atoms with E-state index in [2.05, 4.69) is 24.9 Å². The van der Waals surface area contributed by atoms with Gasteiger partial charge in [-0.3, -0.25) is 4.98 Å². The first-order valence-electron chi connectivity index (χ1n) is 8.62. The normalized spacial score (nSPS) is 22.8. The predicted molar refractivity (Wildman–Crippen MR) is 97.1 cm³/mol. The minimum atomic E-state index is -0.365.